The van der Waals surface area contributed by atoms with Gasteiger partial charge >= 0.3 is 5.69 Å². The van der Waals surface area contributed by atoms with Gasteiger partial charge in [-0.05, 0) is 35.9 Å². The zero-order valence-corrected chi connectivity index (χ0v) is 14.2. The van der Waals surface area contributed by atoms with Gasteiger partial charge in [0, 0.05) is 24.7 Å². The Morgan fingerprint density at radius 2 is 1.92 bits per heavy atom. The zero-order chi connectivity index (χ0) is 17.4. The van der Waals surface area contributed by atoms with E-state index in [0.29, 0.717) is 30.3 Å². The summed E-state index contributed by atoms with van der Waals surface area (Å²) >= 11 is 6.01. The molecule has 1 aliphatic heterocycles. The molecule has 0 fully saturated rings. The third-order valence-electron chi connectivity index (χ3n) is 4.32. The molecule has 25 heavy (non-hydrogen) atoms. The number of nitrogens with zero attached hydrogens (tertiary/aromatic N) is 4. The Bertz CT molecular complexity index is 964. The number of aromatic nitrogens is 3. The van der Waals surface area contributed by atoms with E-state index in [1.165, 1.54) is 16.8 Å². The fourth-order valence-electron chi connectivity index (χ4n) is 3.06. The van der Waals surface area contributed by atoms with Gasteiger partial charge in [0.15, 0.2) is 0 Å². The molecule has 128 valence electrons. The molecule has 1 aliphatic rings. The molecule has 0 radical (unpaired) electrons. The summed E-state index contributed by atoms with van der Waals surface area (Å²) in [6.07, 6.45) is 0. The average molecular weight is 359 g/mol. The van der Waals surface area contributed by atoms with E-state index in [9.17, 15) is 9.18 Å². The minimum Gasteiger partial charge on any atom is -0.290 e. The van der Waals surface area contributed by atoms with Crippen LogP contribution in [0, 0.1) is 5.82 Å². The van der Waals surface area contributed by atoms with Crippen LogP contribution in [-0.2, 0) is 19.6 Å². The lowest BCUT2D eigenvalue weighted by atomic mass is 10.2. The van der Waals surface area contributed by atoms with Crippen LogP contribution in [0.2, 0.25) is 5.02 Å². The Morgan fingerprint density at radius 3 is 2.68 bits per heavy atom. The van der Waals surface area contributed by atoms with Crippen LogP contribution in [0.15, 0.2) is 53.3 Å². The van der Waals surface area contributed by atoms with Crippen molar-refractivity contribution >= 4 is 11.6 Å². The largest absolute Gasteiger partial charge is 0.350 e. The monoisotopic (exact) mass is 358 g/mol. The number of rotatable bonds is 3. The Morgan fingerprint density at radius 1 is 1.12 bits per heavy atom. The fourth-order valence-corrected chi connectivity index (χ4v) is 3.24. The maximum Gasteiger partial charge on any atom is 0.350 e. The van der Waals surface area contributed by atoms with E-state index in [0.717, 1.165) is 17.9 Å². The summed E-state index contributed by atoms with van der Waals surface area (Å²) in [7, 11) is 0. The van der Waals surface area contributed by atoms with Crippen molar-refractivity contribution in [3.8, 4) is 5.69 Å². The van der Waals surface area contributed by atoms with Crippen LogP contribution in [0.4, 0.5) is 4.39 Å². The molecule has 2 heterocycles. The number of hydrogen-bond acceptors (Lipinski definition) is 3. The summed E-state index contributed by atoms with van der Waals surface area (Å²) < 4.78 is 16.1. The number of halogens is 2. The number of hydrogen-bond donors (Lipinski definition) is 0. The number of fused-ring (bicyclic) bond motifs is 1. The predicted octanol–water partition coefficient (Wildman–Crippen LogP) is 2.84. The highest BCUT2D eigenvalue weighted by molar-refractivity contribution is 6.30. The van der Waals surface area contributed by atoms with Crippen molar-refractivity contribution in [2.75, 3.05) is 6.54 Å². The lowest BCUT2D eigenvalue weighted by molar-refractivity contribution is 0.207. The van der Waals surface area contributed by atoms with Gasteiger partial charge in [0.2, 0.25) is 0 Å². The van der Waals surface area contributed by atoms with Gasteiger partial charge < -0.3 is 0 Å². The highest BCUT2D eigenvalue weighted by Gasteiger charge is 2.22. The van der Waals surface area contributed by atoms with Crippen molar-refractivity contribution in [1.29, 1.82) is 0 Å². The molecule has 0 aliphatic carbocycles. The van der Waals surface area contributed by atoms with Gasteiger partial charge in [0.1, 0.15) is 11.6 Å². The van der Waals surface area contributed by atoms with E-state index in [4.69, 9.17) is 11.6 Å². The quantitative estimate of drug-likeness (QED) is 0.723. The SMILES string of the molecule is O=c1n(-c2cccc(Cl)c2)nc2n1CCN(Cc1ccc(F)cc1)C2. The van der Waals surface area contributed by atoms with Gasteiger partial charge in [0.05, 0.1) is 12.2 Å². The molecule has 3 aromatic rings. The third kappa shape index (κ3) is 3.23. The molecular weight excluding hydrogens is 343 g/mol. The van der Waals surface area contributed by atoms with Crippen molar-refractivity contribution in [2.24, 2.45) is 0 Å². The first-order valence-electron chi connectivity index (χ1n) is 8.01. The molecule has 0 saturated carbocycles. The minimum absolute atomic E-state index is 0.154. The molecule has 0 bridgehead atoms. The molecule has 0 unspecified atom stereocenters. The van der Waals surface area contributed by atoms with Crippen LogP contribution in [0.25, 0.3) is 5.69 Å². The maximum absolute atomic E-state index is 13.0. The van der Waals surface area contributed by atoms with Crippen molar-refractivity contribution < 1.29 is 4.39 Å². The molecule has 0 amide bonds. The van der Waals surface area contributed by atoms with Gasteiger partial charge in [-0.2, -0.15) is 4.68 Å². The van der Waals surface area contributed by atoms with Gasteiger partial charge in [-0.3, -0.25) is 9.47 Å². The highest BCUT2D eigenvalue weighted by Crippen LogP contribution is 2.16. The van der Waals surface area contributed by atoms with Crippen molar-refractivity contribution in [3.05, 3.63) is 81.2 Å². The van der Waals surface area contributed by atoms with E-state index in [1.54, 1.807) is 34.9 Å². The van der Waals surface area contributed by atoms with E-state index in [-0.39, 0.29) is 11.5 Å². The van der Waals surface area contributed by atoms with Gasteiger partial charge in [-0.15, -0.1) is 5.10 Å². The second kappa shape index (κ2) is 6.46. The molecule has 2 aromatic carbocycles. The fraction of sp³-hybridized carbons (Fsp3) is 0.222. The van der Waals surface area contributed by atoms with E-state index < -0.39 is 0 Å². The topological polar surface area (TPSA) is 43.1 Å². The van der Waals surface area contributed by atoms with Crippen LogP contribution in [0.5, 0.6) is 0 Å². The van der Waals surface area contributed by atoms with E-state index >= 15 is 0 Å². The molecule has 5 nitrogen and oxygen atoms in total. The number of benzene rings is 2. The Labute approximate surface area is 148 Å². The van der Waals surface area contributed by atoms with Crippen molar-refractivity contribution in [3.63, 3.8) is 0 Å². The molecule has 0 spiro atoms. The average Bonchev–Trinajstić information content (AvgIpc) is 2.93. The summed E-state index contributed by atoms with van der Waals surface area (Å²) in [4.78, 5) is 14.8. The standard InChI is InChI=1S/C18H16ClFN4O/c19-14-2-1-3-16(10-14)24-18(25)23-9-8-22(12-17(23)21-24)11-13-4-6-15(20)7-5-13/h1-7,10H,8-9,11-12H2. The lowest BCUT2D eigenvalue weighted by Crippen LogP contribution is -2.37. The maximum atomic E-state index is 13.0. The van der Waals surface area contributed by atoms with Crippen LogP contribution in [-0.4, -0.2) is 25.8 Å². The first-order valence-corrected chi connectivity index (χ1v) is 8.39. The van der Waals surface area contributed by atoms with Crippen LogP contribution in [0.1, 0.15) is 11.4 Å². The summed E-state index contributed by atoms with van der Waals surface area (Å²) in [5.41, 5.74) is 1.54. The molecule has 7 heteroatoms. The Balaban J connectivity index is 1.58. The van der Waals surface area contributed by atoms with Crippen LogP contribution < -0.4 is 5.69 Å². The molecule has 1 aromatic heterocycles. The summed E-state index contributed by atoms with van der Waals surface area (Å²) in [6.45, 7) is 2.58. The van der Waals surface area contributed by atoms with Crippen LogP contribution in [0.3, 0.4) is 0 Å². The predicted molar refractivity (Wildman–Crippen MR) is 93.3 cm³/mol. The Kier molecular flexibility index (Phi) is 4.15. The second-order valence-corrected chi connectivity index (χ2v) is 6.52. The van der Waals surface area contributed by atoms with Crippen molar-refractivity contribution in [1.82, 2.24) is 19.2 Å². The third-order valence-corrected chi connectivity index (χ3v) is 4.55. The summed E-state index contributed by atoms with van der Waals surface area (Å²) in [5, 5.41) is 5.04. The molecule has 0 atom stereocenters. The second-order valence-electron chi connectivity index (χ2n) is 6.08. The highest BCUT2D eigenvalue weighted by atomic mass is 35.5. The Hall–Kier alpha value is -2.44. The first kappa shape index (κ1) is 16.1. The van der Waals surface area contributed by atoms with Crippen molar-refractivity contribution in [2.45, 2.75) is 19.6 Å². The molecule has 0 N–H and O–H groups in total. The van der Waals surface area contributed by atoms with E-state index in [1.807, 2.05) is 6.07 Å². The summed E-state index contributed by atoms with van der Waals surface area (Å²) in [5.74, 6) is 0.481. The van der Waals surface area contributed by atoms with Gasteiger partial charge in [0.25, 0.3) is 0 Å². The van der Waals surface area contributed by atoms with Crippen LogP contribution >= 0.6 is 11.6 Å². The zero-order valence-electron chi connectivity index (χ0n) is 13.4. The van der Waals surface area contributed by atoms with Gasteiger partial charge in [-0.1, -0.05) is 29.8 Å². The first-order chi connectivity index (χ1) is 12.1. The smallest absolute Gasteiger partial charge is 0.290 e. The lowest BCUT2D eigenvalue weighted by Gasteiger charge is -2.26. The van der Waals surface area contributed by atoms with E-state index in [2.05, 4.69) is 10.00 Å². The molecule has 4 rings (SSSR count). The minimum atomic E-state index is -0.239. The molecular formula is C18H16ClFN4O. The van der Waals surface area contributed by atoms with Gasteiger partial charge in [-0.25, -0.2) is 9.18 Å². The molecule has 0 saturated heterocycles. The summed E-state index contributed by atoms with van der Waals surface area (Å²) in [6, 6.07) is 13.6. The normalized spacial score (nSPS) is 14.5.